The number of benzene rings is 1. The average molecular weight is 311 g/mol. The maximum absolute atomic E-state index is 12.6. The number of halogens is 3. The van der Waals surface area contributed by atoms with Gasteiger partial charge in [0.05, 0.1) is 10.6 Å². The molecular weight excluding hydrogens is 299 g/mol. The molecule has 0 aliphatic carbocycles. The number of alkyl halides is 3. The summed E-state index contributed by atoms with van der Waals surface area (Å²) in [4.78, 5) is 10.8. The molecule has 0 fully saturated rings. The van der Waals surface area contributed by atoms with Crippen molar-refractivity contribution in [1.29, 1.82) is 0 Å². The van der Waals surface area contributed by atoms with Gasteiger partial charge in [-0.25, -0.2) is 8.42 Å². The van der Waals surface area contributed by atoms with Gasteiger partial charge in [-0.05, 0) is 19.1 Å². The average Bonchev–Trinajstić information content (AvgIpc) is 2.34. The predicted octanol–water partition coefficient (Wildman–Crippen LogP) is 1.89. The van der Waals surface area contributed by atoms with E-state index >= 15 is 0 Å². The summed E-state index contributed by atoms with van der Waals surface area (Å²) in [6.45, 7) is 0.970. The van der Waals surface area contributed by atoms with Crippen molar-refractivity contribution in [2.45, 2.75) is 17.3 Å². The summed E-state index contributed by atoms with van der Waals surface area (Å²) in [6, 6.07) is 4.44. The molecule has 0 heterocycles. The number of aliphatic carboxylic acids is 1. The van der Waals surface area contributed by atoms with Gasteiger partial charge in [0.25, 0.3) is 9.84 Å². The van der Waals surface area contributed by atoms with E-state index in [9.17, 15) is 26.4 Å². The Labute approximate surface area is 113 Å². The minimum Gasteiger partial charge on any atom is -0.480 e. The summed E-state index contributed by atoms with van der Waals surface area (Å²) in [5, 5.41) is 8.72. The molecule has 112 valence electrons. The molecule has 5 nitrogen and oxygen atoms in total. The maximum Gasteiger partial charge on any atom is 0.501 e. The highest BCUT2D eigenvalue weighted by molar-refractivity contribution is 7.92. The van der Waals surface area contributed by atoms with Gasteiger partial charge in [-0.1, -0.05) is 12.1 Å². The zero-order chi connectivity index (χ0) is 15.6. The van der Waals surface area contributed by atoms with Crippen molar-refractivity contribution in [3.8, 4) is 0 Å². The number of para-hydroxylation sites is 1. The Bertz CT molecular complexity index is 598. The molecule has 20 heavy (non-hydrogen) atoms. The largest absolute Gasteiger partial charge is 0.501 e. The van der Waals surface area contributed by atoms with Crippen LogP contribution in [0.4, 0.5) is 18.9 Å². The lowest BCUT2D eigenvalue weighted by atomic mass is 10.3. The molecule has 0 aliphatic rings. The van der Waals surface area contributed by atoms with Crippen molar-refractivity contribution in [2.24, 2.45) is 0 Å². The second-order valence-corrected chi connectivity index (χ2v) is 5.73. The van der Waals surface area contributed by atoms with Crippen molar-refractivity contribution >= 4 is 21.5 Å². The van der Waals surface area contributed by atoms with Crippen LogP contribution in [0.15, 0.2) is 29.2 Å². The molecule has 1 rings (SSSR count). The number of carboxylic acids is 1. The molecule has 0 saturated carbocycles. The van der Waals surface area contributed by atoms with Crippen LogP contribution in [0.5, 0.6) is 0 Å². The monoisotopic (exact) mass is 311 g/mol. The summed E-state index contributed by atoms with van der Waals surface area (Å²) in [5.41, 5.74) is -5.72. The van der Waals surface area contributed by atoms with E-state index in [1.54, 1.807) is 0 Å². The van der Waals surface area contributed by atoms with Crippen LogP contribution in [0.3, 0.4) is 0 Å². The number of likely N-dealkylation sites (N-methyl/N-ethyl adjacent to an activating group) is 1. The first-order valence-electron chi connectivity index (χ1n) is 5.48. The first-order chi connectivity index (χ1) is 9.11. The molecule has 0 unspecified atom stereocenters. The lowest BCUT2D eigenvalue weighted by molar-refractivity contribution is -0.135. The Hall–Kier alpha value is -1.77. The molecule has 1 N–H and O–H groups in total. The van der Waals surface area contributed by atoms with Crippen LogP contribution >= 0.6 is 0 Å². The quantitative estimate of drug-likeness (QED) is 0.899. The third kappa shape index (κ3) is 3.21. The fraction of sp³-hybridized carbons (Fsp3) is 0.364. The van der Waals surface area contributed by atoms with E-state index in [1.807, 2.05) is 0 Å². The smallest absolute Gasteiger partial charge is 0.480 e. The highest BCUT2D eigenvalue weighted by Crippen LogP contribution is 2.35. The molecule has 0 aromatic heterocycles. The molecule has 0 aliphatic heterocycles. The summed E-state index contributed by atoms with van der Waals surface area (Å²) in [6.07, 6.45) is 0. The molecule has 0 bridgehead atoms. The van der Waals surface area contributed by atoms with Crippen LogP contribution in [-0.2, 0) is 14.6 Å². The first kappa shape index (κ1) is 16.3. The molecule has 9 heteroatoms. The fourth-order valence-corrected chi connectivity index (χ4v) is 2.58. The Kier molecular flexibility index (Phi) is 4.64. The summed E-state index contributed by atoms with van der Waals surface area (Å²) in [7, 11) is -5.53. The molecule has 0 radical (unpaired) electrons. The number of rotatable bonds is 5. The predicted molar refractivity (Wildman–Crippen MR) is 65.2 cm³/mol. The van der Waals surface area contributed by atoms with E-state index in [4.69, 9.17) is 5.11 Å². The first-order valence-corrected chi connectivity index (χ1v) is 6.96. The van der Waals surface area contributed by atoms with E-state index in [-0.39, 0.29) is 12.2 Å². The summed E-state index contributed by atoms with van der Waals surface area (Å²) < 4.78 is 60.8. The topological polar surface area (TPSA) is 74.7 Å². The fourth-order valence-electron chi connectivity index (χ4n) is 1.60. The normalized spacial score (nSPS) is 12.2. The highest BCUT2D eigenvalue weighted by atomic mass is 32.2. The van der Waals surface area contributed by atoms with Crippen molar-refractivity contribution in [2.75, 3.05) is 18.0 Å². The van der Waals surface area contributed by atoms with Gasteiger partial charge in [0.15, 0.2) is 0 Å². The van der Waals surface area contributed by atoms with E-state index in [0.29, 0.717) is 0 Å². The van der Waals surface area contributed by atoms with Crippen molar-refractivity contribution in [1.82, 2.24) is 0 Å². The van der Waals surface area contributed by atoms with Crippen molar-refractivity contribution < 1.29 is 31.5 Å². The van der Waals surface area contributed by atoms with Gasteiger partial charge < -0.3 is 10.0 Å². The lowest BCUT2D eigenvalue weighted by Crippen LogP contribution is -2.32. The summed E-state index contributed by atoms with van der Waals surface area (Å²) in [5.74, 6) is -1.27. The van der Waals surface area contributed by atoms with E-state index in [2.05, 4.69) is 0 Å². The third-order valence-electron chi connectivity index (χ3n) is 2.51. The Morgan fingerprint density at radius 2 is 1.85 bits per heavy atom. The number of sulfone groups is 1. The van der Waals surface area contributed by atoms with Gasteiger partial charge in [-0.2, -0.15) is 13.2 Å². The number of hydrogen-bond donors (Lipinski definition) is 1. The maximum atomic E-state index is 12.6. The van der Waals surface area contributed by atoms with E-state index in [1.165, 1.54) is 13.0 Å². The second kappa shape index (κ2) is 5.70. The zero-order valence-electron chi connectivity index (χ0n) is 10.4. The minimum atomic E-state index is -5.53. The van der Waals surface area contributed by atoms with Crippen LogP contribution in [0.25, 0.3) is 0 Å². The van der Waals surface area contributed by atoms with Gasteiger partial charge in [0.1, 0.15) is 6.54 Å². The van der Waals surface area contributed by atoms with Gasteiger partial charge in [-0.15, -0.1) is 0 Å². The summed E-state index contributed by atoms with van der Waals surface area (Å²) >= 11 is 0. The van der Waals surface area contributed by atoms with Crippen LogP contribution in [-0.4, -0.2) is 38.1 Å². The zero-order valence-corrected chi connectivity index (χ0v) is 11.2. The number of nitrogens with zero attached hydrogens (tertiary/aromatic N) is 1. The Morgan fingerprint density at radius 1 is 1.30 bits per heavy atom. The van der Waals surface area contributed by atoms with E-state index < -0.39 is 32.8 Å². The Balaban J connectivity index is 3.41. The standard InChI is InChI=1S/C11H12F3NO4S/c1-2-15(7-10(16)17)8-5-3-4-6-9(8)20(18,19)11(12,13)14/h3-6H,2,7H2,1H3,(H,16,17). The SMILES string of the molecule is CCN(CC(=O)O)c1ccccc1S(=O)(=O)C(F)(F)F. The van der Waals surface area contributed by atoms with Gasteiger partial charge in [0.2, 0.25) is 0 Å². The molecule has 1 aromatic carbocycles. The molecule has 0 amide bonds. The molecule has 0 saturated heterocycles. The van der Waals surface area contributed by atoms with Crippen LogP contribution in [0.1, 0.15) is 6.92 Å². The minimum absolute atomic E-state index is 0.0523. The number of carbonyl (C=O) groups is 1. The lowest BCUT2D eigenvalue weighted by Gasteiger charge is -2.24. The Morgan fingerprint density at radius 3 is 2.30 bits per heavy atom. The molecule has 0 atom stereocenters. The third-order valence-corrected chi connectivity index (χ3v) is 4.04. The molecule has 1 aromatic rings. The van der Waals surface area contributed by atoms with Crippen LogP contribution < -0.4 is 4.90 Å². The number of carboxylic acid groups (broad SMARTS) is 1. The second-order valence-electron chi connectivity index (χ2n) is 3.82. The molecule has 0 spiro atoms. The van der Waals surface area contributed by atoms with Crippen molar-refractivity contribution in [3.05, 3.63) is 24.3 Å². The highest BCUT2D eigenvalue weighted by Gasteiger charge is 2.48. The number of anilines is 1. The molecular formula is C11H12F3NO4S. The van der Waals surface area contributed by atoms with Crippen LogP contribution in [0.2, 0.25) is 0 Å². The van der Waals surface area contributed by atoms with E-state index in [0.717, 1.165) is 23.1 Å². The van der Waals surface area contributed by atoms with Crippen LogP contribution in [0, 0.1) is 0 Å². The van der Waals surface area contributed by atoms with Crippen molar-refractivity contribution in [3.63, 3.8) is 0 Å². The van der Waals surface area contributed by atoms with Gasteiger partial charge in [0, 0.05) is 6.54 Å². The number of hydrogen-bond acceptors (Lipinski definition) is 4. The van der Waals surface area contributed by atoms with Gasteiger partial charge >= 0.3 is 11.5 Å². The van der Waals surface area contributed by atoms with Gasteiger partial charge in [-0.3, -0.25) is 4.79 Å².